The lowest BCUT2D eigenvalue weighted by molar-refractivity contribution is 0.281. The van der Waals surface area contributed by atoms with E-state index >= 15 is 0 Å². The normalized spacial score (nSPS) is 10.8. The molecular formula is C23H19NO2. The monoisotopic (exact) mass is 341 g/mol. The average Bonchev–Trinajstić information content (AvgIpc) is 2.73. The summed E-state index contributed by atoms with van der Waals surface area (Å²) in [7, 11) is 1.62. The van der Waals surface area contributed by atoms with Gasteiger partial charge in [-0.15, -0.1) is 0 Å². The van der Waals surface area contributed by atoms with Crippen LogP contribution < -0.4 is 4.74 Å². The molecule has 4 rings (SSSR count). The fourth-order valence-electron chi connectivity index (χ4n) is 3.30. The zero-order valence-corrected chi connectivity index (χ0v) is 14.5. The molecule has 0 aliphatic heterocycles. The molecule has 0 unspecified atom stereocenters. The number of hydrogen-bond donors (Lipinski definition) is 1. The average molecular weight is 341 g/mol. The van der Waals surface area contributed by atoms with Crippen LogP contribution in [0.5, 0.6) is 5.75 Å². The smallest absolute Gasteiger partial charge is 0.119 e. The molecule has 1 aromatic heterocycles. The SMILES string of the molecule is COc1ccc(-c2cc(-c3cccc4ccccc34)ccn2)c(CO)c1. The number of hydrogen-bond acceptors (Lipinski definition) is 3. The van der Waals surface area contributed by atoms with Gasteiger partial charge in [-0.1, -0.05) is 42.5 Å². The molecule has 0 bridgehead atoms. The van der Waals surface area contributed by atoms with Gasteiger partial charge in [-0.25, -0.2) is 0 Å². The minimum atomic E-state index is -0.0628. The zero-order valence-electron chi connectivity index (χ0n) is 14.5. The van der Waals surface area contributed by atoms with Crippen LogP contribution in [0.15, 0.2) is 79.0 Å². The van der Waals surface area contributed by atoms with Crippen molar-refractivity contribution in [1.82, 2.24) is 4.98 Å². The number of benzene rings is 3. The molecular weight excluding hydrogens is 322 g/mol. The van der Waals surface area contributed by atoms with Crippen LogP contribution in [0.3, 0.4) is 0 Å². The lowest BCUT2D eigenvalue weighted by atomic mass is 9.96. The number of pyridine rings is 1. The number of aliphatic hydroxyl groups is 1. The minimum absolute atomic E-state index is 0.0628. The van der Waals surface area contributed by atoms with Gasteiger partial charge in [0.15, 0.2) is 0 Å². The molecule has 3 nitrogen and oxygen atoms in total. The third-order valence-electron chi connectivity index (χ3n) is 4.62. The second-order valence-corrected chi connectivity index (χ2v) is 6.14. The van der Waals surface area contributed by atoms with Crippen LogP contribution in [-0.2, 0) is 6.61 Å². The number of ether oxygens (including phenoxy) is 1. The Labute approximate surface area is 152 Å². The maximum absolute atomic E-state index is 9.74. The summed E-state index contributed by atoms with van der Waals surface area (Å²) in [6.07, 6.45) is 1.82. The van der Waals surface area contributed by atoms with Gasteiger partial charge in [0.2, 0.25) is 0 Å². The first kappa shape index (κ1) is 16.3. The Balaban J connectivity index is 1.85. The second kappa shape index (κ2) is 6.98. The van der Waals surface area contributed by atoms with E-state index in [-0.39, 0.29) is 6.61 Å². The van der Waals surface area contributed by atoms with Crippen molar-refractivity contribution in [2.24, 2.45) is 0 Å². The summed E-state index contributed by atoms with van der Waals surface area (Å²) in [6, 6.07) is 24.5. The maximum atomic E-state index is 9.74. The summed E-state index contributed by atoms with van der Waals surface area (Å²) in [5.41, 5.74) is 4.82. The maximum Gasteiger partial charge on any atom is 0.119 e. The molecule has 1 N–H and O–H groups in total. The van der Waals surface area contributed by atoms with Crippen molar-refractivity contribution in [2.75, 3.05) is 7.11 Å². The molecule has 0 aliphatic rings. The molecule has 0 fully saturated rings. The third-order valence-corrected chi connectivity index (χ3v) is 4.62. The summed E-state index contributed by atoms with van der Waals surface area (Å²) < 4.78 is 5.26. The van der Waals surface area contributed by atoms with Crippen LogP contribution in [-0.4, -0.2) is 17.2 Å². The van der Waals surface area contributed by atoms with Gasteiger partial charge in [-0.3, -0.25) is 4.98 Å². The highest BCUT2D eigenvalue weighted by Crippen LogP contribution is 2.32. The van der Waals surface area contributed by atoms with Crippen molar-refractivity contribution in [3.63, 3.8) is 0 Å². The van der Waals surface area contributed by atoms with E-state index in [1.165, 1.54) is 16.3 Å². The van der Waals surface area contributed by atoms with Crippen LogP contribution in [0.1, 0.15) is 5.56 Å². The fraction of sp³-hybridized carbons (Fsp3) is 0.0870. The van der Waals surface area contributed by atoms with Gasteiger partial charge in [0.05, 0.1) is 19.4 Å². The molecule has 3 heteroatoms. The second-order valence-electron chi connectivity index (χ2n) is 6.14. The Bertz CT molecular complexity index is 1070. The first-order valence-corrected chi connectivity index (χ1v) is 8.52. The van der Waals surface area contributed by atoms with E-state index in [2.05, 4.69) is 53.5 Å². The van der Waals surface area contributed by atoms with Gasteiger partial charge in [0, 0.05) is 11.8 Å². The van der Waals surface area contributed by atoms with Crippen LogP contribution in [0.25, 0.3) is 33.2 Å². The highest BCUT2D eigenvalue weighted by molar-refractivity contribution is 5.97. The van der Waals surface area contributed by atoms with E-state index in [4.69, 9.17) is 4.74 Å². The van der Waals surface area contributed by atoms with Crippen molar-refractivity contribution in [1.29, 1.82) is 0 Å². The van der Waals surface area contributed by atoms with Crippen molar-refractivity contribution in [3.05, 3.63) is 84.6 Å². The van der Waals surface area contributed by atoms with Crippen LogP contribution in [0, 0.1) is 0 Å². The molecule has 0 atom stereocenters. The number of methoxy groups -OCH3 is 1. The third kappa shape index (κ3) is 2.93. The van der Waals surface area contributed by atoms with E-state index in [1.54, 1.807) is 7.11 Å². The van der Waals surface area contributed by atoms with Crippen LogP contribution in [0.2, 0.25) is 0 Å². The van der Waals surface area contributed by atoms with Crippen molar-refractivity contribution < 1.29 is 9.84 Å². The molecule has 0 saturated carbocycles. The van der Waals surface area contributed by atoms with Crippen LogP contribution >= 0.6 is 0 Å². The van der Waals surface area contributed by atoms with Crippen molar-refractivity contribution >= 4 is 10.8 Å². The Morgan fingerprint density at radius 3 is 2.58 bits per heavy atom. The number of aliphatic hydroxyl groups excluding tert-OH is 1. The van der Waals surface area contributed by atoms with E-state index in [0.717, 1.165) is 28.1 Å². The zero-order chi connectivity index (χ0) is 17.9. The summed E-state index contributed by atoms with van der Waals surface area (Å²) in [5, 5.41) is 12.2. The summed E-state index contributed by atoms with van der Waals surface area (Å²) in [6.45, 7) is -0.0628. The standard InChI is InChI=1S/C23H19NO2/c1-26-19-9-10-22(18(13-19)15-25)23-14-17(11-12-24-23)21-8-4-6-16-5-2-3-7-20(16)21/h2-14,25H,15H2,1H3. The molecule has 0 aliphatic carbocycles. The minimum Gasteiger partial charge on any atom is -0.497 e. The van der Waals surface area contributed by atoms with Crippen molar-refractivity contribution in [3.8, 4) is 28.1 Å². The predicted octanol–water partition coefficient (Wildman–Crippen LogP) is 5.07. The number of aromatic nitrogens is 1. The Kier molecular flexibility index (Phi) is 4.38. The molecule has 0 spiro atoms. The topological polar surface area (TPSA) is 42.4 Å². The van der Waals surface area contributed by atoms with E-state index in [1.807, 2.05) is 30.5 Å². The first-order chi connectivity index (χ1) is 12.8. The lowest BCUT2D eigenvalue weighted by Crippen LogP contribution is -1.94. The lowest BCUT2D eigenvalue weighted by Gasteiger charge is -2.11. The molecule has 26 heavy (non-hydrogen) atoms. The predicted molar refractivity (Wildman–Crippen MR) is 105 cm³/mol. The highest BCUT2D eigenvalue weighted by atomic mass is 16.5. The first-order valence-electron chi connectivity index (χ1n) is 8.52. The quantitative estimate of drug-likeness (QED) is 0.563. The van der Waals surface area contributed by atoms with Gasteiger partial charge < -0.3 is 9.84 Å². The Morgan fingerprint density at radius 2 is 1.73 bits per heavy atom. The van der Waals surface area contributed by atoms with E-state index in [9.17, 15) is 5.11 Å². The van der Waals surface area contributed by atoms with Gasteiger partial charge >= 0.3 is 0 Å². The fourth-order valence-corrected chi connectivity index (χ4v) is 3.30. The molecule has 0 radical (unpaired) electrons. The molecule has 3 aromatic carbocycles. The highest BCUT2D eigenvalue weighted by Gasteiger charge is 2.10. The number of nitrogens with zero attached hydrogens (tertiary/aromatic N) is 1. The largest absolute Gasteiger partial charge is 0.497 e. The Morgan fingerprint density at radius 1 is 0.885 bits per heavy atom. The number of rotatable bonds is 4. The van der Waals surface area contributed by atoms with Crippen molar-refractivity contribution in [2.45, 2.75) is 6.61 Å². The summed E-state index contributed by atoms with van der Waals surface area (Å²) in [5.74, 6) is 0.725. The molecule has 1 heterocycles. The number of fused-ring (bicyclic) bond motifs is 1. The van der Waals surface area contributed by atoms with Gasteiger partial charge in [-0.2, -0.15) is 0 Å². The van der Waals surface area contributed by atoms with Gasteiger partial charge in [-0.05, 0) is 57.8 Å². The van der Waals surface area contributed by atoms with Gasteiger partial charge in [0.25, 0.3) is 0 Å². The molecule has 0 amide bonds. The molecule has 128 valence electrons. The summed E-state index contributed by atoms with van der Waals surface area (Å²) >= 11 is 0. The van der Waals surface area contributed by atoms with Gasteiger partial charge in [0.1, 0.15) is 5.75 Å². The van der Waals surface area contributed by atoms with E-state index < -0.39 is 0 Å². The Hall–Kier alpha value is -3.17. The molecule has 4 aromatic rings. The van der Waals surface area contributed by atoms with Crippen LogP contribution in [0.4, 0.5) is 0 Å². The van der Waals surface area contributed by atoms with E-state index in [0.29, 0.717) is 0 Å². The summed E-state index contributed by atoms with van der Waals surface area (Å²) in [4.78, 5) is 4.53. The molecule has 0 saturated heterocycles.